The molecule has 0 fully saturated rings. The maximum absolute atomic E-state index is 14.1. The maximum atomic E-state index is 14.1. The molecule has 8 N–H and O–H groups in total. The number of carbonyl (C=O) groups is 2. The second kappa shape index (κ2) is 11.8. The number of Topliss-reactive ketones (excluding diaryl/α,β-unsaturated/α-hetero) is 1. The Labute approximate surface area is 204 Å². The molecule has 0 aliphatic rings. The number of nitrogens with one attached hydrogen (secondary N) is 1. The van der Waals surface area contributed by atoms with Crippen LogP contribution >= 0.6 is 0 Å². The van der Waals surface area contributed by atoms with Crippen molar-refractivity contribution in [1.29, 1.82) is 0 Å². The molecule has 8 nitrogen and oxygen atoms in total. The normalized spacial score (nSPS) is 12.5. The zero-order valence-corrected chi connectivity index (χ0v) is 19.4. The number of amides is 1. The number of phenolic OH excluding ortho intramolecular Hbond substituents is 1. The summed E-state index contributed by atoms with van der Waals surface area (Å²) in [5.41, 5.74) is 17.9. The summed E-state index contributed by atoms with van der Waals surface area (Å²) in [4.78, 5) is 31.5. The van der Waals surface area contributed by atoms with Crippen molar-refractivity contribution in [2.75, 3.05) is 6.54 Å². The Kier molecular flexibility index (Phi) is 8.58. The monoisotopic (exact) mass is 473 g/mol. The van der Waals surface area contributed by atoms with Gasteiger partial charge in [-0.05, 0) is 41.7 Å². The second-order valence-electron chi connectivity index (χ2n) is 8.35. The van der Waals surface area contributed by atoms with Crippen LogP contribution in [0.15, 0.2) is 89.9 Å². The molecular weight excluding hydrogens is 442 g/mol. The number of carbonyl (C=O) groups excluding carboxylic acids is 2. The first-order valence-corrected chi connectivity index (χ1v) is 11.4. The molecule has 0 aliphatic carbocycles. The highest BCUT2D eigenvalue weighted by atomic mass is 16.3. The van der Waals surface area contributed by atoms with Gasteiger partial charge < -0.3 is 27.6 Å². The lowest BCUT2D eigenvalue weighted by Crippen LogP contribution is -2.61. The third-order valence-electron chi connectivity index (χ3n) is 5.79. The summed E-state index contributed by atoms with van der Waals surface area (Å²) in [6, 6.07) is 25.0. The summed E-state index contributed by atoms with van der Waals surface area (Å²) in [6.07, 6.45) is 0.392. The number of benzene rings is 3. The van der Waals surface area contributed by atoms with Crippen LogP contribution in [-0.4, -0.2) is 34.8 Å². The summed E-state index contributed by atoms with van der Waals surface area (Å²) in [5, 5.41) is 12.3. The molecule has 0 radical (unpaired) electrons. The third kappa shape index (κ3) is 6.68. The Balaban J connectivity index is 1.93. The lowest BCUT2D eigenvalue weighted by atomic mass is 9.76. The van der Waals surface area contributed by atoms with E-state index in [1.807, 2.05) is 60.7 Å². The van der Waals surface area contributed by atoms with Crippen molar-refractivity contribution in [1.82, 2.24) is 5.32 Å². The largest absolute Gasteiger partial charge is 0.508 e. The first kappa shape index (κ1) is 25.5. The van der Waals surface area contributed by atoms with Gasteiger partial charge in [-0.3, -0.25) is 14.6 Å². The van der Waals surface area contributed by atoms with Crippen LogP contribution in [0.2, 0.25) is 0 Å². The van der Waals surface area contributed by atoms with E-state index in [0.717, 1.165) is 16.7 Å². The van der Waals surface area contributed by atoms with Gasteiger partial charge in [-0.15, -0.1) is 0 Å². The first-order chi connectivity index (χ1) is 16.8. The molecule has 0 spiro atoms. The predicted molar refractivity (Wildman–Crippen MR) is 137 cm³/mol. The van der Waals surface area contributed by atoms with Crippen LogP contribution in [0.5, 0.6) is 5.75 Å². The molecule has 3 aromatic rings. The van der Waals surface area contributed by atoms with Gasteiger partial charge in [0, 0.05) is 13.1 Å². The molecule has 3 rings (SSSR count). The number of phenols is 1. The fourth-order valence-electron chi connectivity index (χ4n) is 3.91. The fourth-order valence-corrected chi connectivity index (χ4v) is 3.91. The van der Waals surface area contributed by atoms with E-state index < -0.39 is 23.1 Å². The minimum absolute atomic E-state index is 0.0557. The highest BCUT2D eigenvalue weighted by Gasteiger charge is 2.45. The zero-order chi connectivity index (χ0) is 25.3. The minimum atomic E-state index is -1.83. The smallest absolute Gasteiger partial charge is 0.248 e. The van der Waals surface area contributed by atoms with Crippen LogP contribution in [0.25, 0.3) is 0 Å². The Morgan fingerprint density at radius 1 is 0.886 bits per heavy atom. The van der Waals surface area contributed by atoms with Crippen LogP contribution in [0.3, 0.4) is 0 Å². The van der Waals surface area contributed by atoms with Gasteiger partial charge in [0.05, 0.1) is 5.92 Å². The Morgan fingerprint density at radius 3 is 1.94 bits per heavy atom. The van der Waals surface area contributed by atoms with E-state index in [0.29, 0.717) is 6.42 Å². The van der Waals surface area contributed by atoms with E-state index in [4.69, 9.17) is 17.2 Å². The molecule has 0 saturated carbocycles. The number of aromatic hydroxyl groups is 1. The molecule has 1 atom stereocenters. The van der Waals surface area contributed by atoms with Crippen LogP contribution in [-0.2, 0) is 16.1 Å². The molecule has 8 heteroatoms. The molecular formula is C27H31N5O3. The standard InChI is InChI=1S/C27H31N5O3/c28-26(29)31-17-7-16-27(30,25(35)32-18-19-12-14-22(33)15-13-19)24(34)23(20-8-3-1-4-9-20)21-10-5-2-6-11-21/h1-6,8-15,23,33H,7,16-18,30H2,(H,32,35)(H4,28,29,31)/t27-/m1/s1. The van der Waals surface area contributed by atoms with E-state index in [2.05, 4.69) is 10.3 Å². The summed E-state index contributed by atoms with van der Waals surface area (Å²) in [7, 11) is 0. The highest BCUT2D eigenvalue weighted by molar-refractivity contribution is 6.13. The molecule has 0 heterocycles. The van der Waals surface area contributed by atoms with Gasteiger partial charge in [0.2, 0.25) is 5.91 Å². The average Bonchev–Trinajstić information content (AvgIpc) is 2.87. The number of hydrogen-bond acceptors (Lipinski definition) is 5. The van der Waals surface area contributed by atoms with Gasteiger partial charge in [0.25, 0.3) is 0 Å². The van der Waals surface area contributed by atoms with E-state index in [-0.39, 0.29) is 31.2 Å². The van der Waals surface area contributed by atoms with Gasteiger partial charge in [0.15, 0.2) is 17.3 Å². The van der Waals surface area contributed by atoms with Crippen LogP contribution < -0.4 is 22.5 Å². The van der Waals surface area contributed by atoms with Crippen LogP contribution in [0, 0.1) is 0 Å². The predicted octanol–water partition coefficient (Wildman–Crippen LogP) is 2.16. The highest BCUT2D eigenvalue weighted by Crippen LogP contribution is 2.31. The zero-order valence-electron chi connectivity index (χ0n) is 19.4. The number of rotatable bonds is 11. The van der Waals surface area contributed by atoms with Crippen molar-refractivity contribution >= 4 is 17.6 Å². The number of aliphatic imine (C=N–C) groups is 1. The summed E-state index contributed by atoms with van der Waals surface area (Å²) in [6.45, 7) is 0.391. The van der Waals surface area contributed by atoms with Gasteiger partial charge in [-0.25, -0.2) is 0 Å². The number of ketones is 1. The van der Waals surface area contributed by atoms with Crippen molar-refractivity contribution in [2.45, 2.75) is 30.8 Å². The molecule has 35 heavy (non-hydrogen) atoms. The summed E-state index contributed by atoms with van der Waals surface area (Å²) in [5.74, 6) is -1.68. The molecule has 0 aromatic heterocycles. The van der Waals surface area contributed by atoms with Gasteiger partial charge in [-0.1, -0.05) is 72.8 Å². The van der Waals surface area contributed by atoms with E-state index in [1.54, 1.807) is 12.1 Å². The van der Waals surface area contributed by atoms with E-state index in [9.17, 15) is 14.7 Å². The first-order valence-electron chi connectivity index (χ1n) is 11.4. The molecule has 0 aliphatic heterocycles. The minimum Gasteiger partial charge on any atom is -0.508 e. The van der Waals surface area contributed by atoms with Crippen molar-refractivity contribution in [3.8, 4) is 5.75 Å². The number of guanidine groups is 1. The third-order valence-corrected chi connectivity index (χ3v) is 5.79. The van der Waals surface area contributed by atoms with Crippen molar-refractivity contribution in [2.24, 2.45) is 22.2 Å². The SMILES string of the molecule is NC(N)=NCCC[C@](N)(C(=O)NCc1ccc(O)cc1)C(=O)C(c1ccccc1)c1ccccc1. The van der Waals surface area contributed by atoms with Gasteiger partial charge in [0.1, 0.15) is 5.75 Å². The van der Waals surface area contributed by atoms with Crippen molar-refractivity contribution in [3.05, 3.63) is 102 Å². The Hall–Kier alpha value is -4.17. The average molecular weight is 474 g/mol. The van der Waals surface area contributed by atoms with Crippen molar-refractivity contribution < 1.29 is 14.7 Å². The number of nitrogens with two attached hydrogens (primary N) is 3. The van der Waals surface area contributed by atoms with Crippen LogP contribution in [0.1, 0.15) is 35.4 Å². The molecule has 1 amide bonds. The number of hydrogen-bond donors (Lipinski definition) is 5. The topological polar surface area (TPSA) is 157 Å². The number of nitrogens with zero attached hydrogens (tertiary/aromatic N) is 1. The molecule has 182 valence electrons. The van der Waals surface area contributed by atoms with Gasteiger partial charge in [-0.2, -0.15) is 0 Å². The molecule has 0 bridgehead atoms. The van der Waals surface area contributed by atoms with E-state index >= 15 is 0 Å². The quantitative estimate of drug-likeness (QED) is 0.124. The van der Waals surface area contributed by atoms with Crippen LogP contribution in [0.4, 0.5) is 0 Å². The molecule has 0 unspecified atom stereocenters. The molecule has 3 aromatic carbocycles. The lowest BCUT2D eigenvalue weighted by Gasteiger charge is -2.31. The van der Waals surface area contributed by atoms with Crippen molar-refractivity contribution in [3.63, 3.8) is 0 Å². The van der Waals surface area contributed by atoms with E-state index in [1.165, 1.54) is 12.1 Å². The van der Waals surface area contributed by atoms with Gasteiger partial charge >= 0.3 is 0 Å². The fraction of sp³-hybridized carbons (Fsp3) is 0.222. The maximum Gasteiger partial charge on any atom is 0.248 e. The summed E-state index contributed by atoms with van der Waals surface area (Å²) < 4.78 is 0. The molecule has 0 saturated heterocycles. The lowest BCUT2D eigenvalue weighted by molar-refractivity contribution is -0.136. The Bertz CT molecular complexity index is 1110. The Morgan fingerprint density at radius 2 is 1.43 bits per heavy atom. The summed E-state index contributed by atoms with van der Waals surface area (Å²) >= 11 is 0. The second-order valence-corrected chi connectivity index (χ2v) is 8.35.